The molecule has 0 saturated heterocycles. The van der Waals surface area contributed by atoms with Crippen LogP contribution in [0.5, 0.6) is 0 Å². The molecule has 15 heteroatoms. The number of pyridine rings is 1. The normalized spacial score (nSPS) is 13.8. The van der Waals surface area contributed by atoms with Crippen LogP contribution in [0.3, 0.4) is 0 Å². The highest BCUT2D eigenvalue weighted by molar-refractivity contribution is 7.90. The van der Waals surface area contributed by atoms with Crippen LogP contribution >= 0.6 is 0 Å². The third-order valence-corrected chi connectivity index (χ3v) is 7.34. The van der Waals surface area contributed by atoms with Gasteiger partial charge in [-0.15, -0.1) is 10.2 Å². The third-order valence-electron chi connectivity index (χ3n) is 6.33. The molecule has 0 aliphatic rings. The Bertz CT molecular complexity index is 1520. The Kier molecular flexibility index (Phi) is 12.1. The van der Waals surface area contributed by atoms with Crippen LogP contribution in [0.2, 0.25) is 0 Å². The molecule has 0 spiro atoms. The van der Waals surface area contributed by atoms with Crippen LogP contribution in [0.4, 0.5) is 23.7 Å². The number of sulfone groups is 1. The summed E-state index contributed by atoms with van der Waals surface area (Å²) in [7, 11) is -4.50. The number of carbonyl (C=O) groups is 1. The van der Waals surface area contributed by atoms with Gasteiger partial charge in [0.1, 0.15) is 11.7 Å². The van der Waals surface area contributed by atoms with Crippen molar-refractivity contribution in [1.29, 1.82) is 0 Å². The van der Waals surface area contributed by atoms with Gasteiger partial charge in [-0.3, -0.25) is 5.32 Å². The molecule has 1 amide bonds. The summed E-state index contributed by atoms with van der Waals surface area (Å²) in [6.45, 7) is 6.62. The highest BCUT2D eigenvalue weighted by atomic mass is 32.2. The minimum absolute atomic E-state index is 0.00395. The zero-order chi connectivity index (χ0) is 33.4. The summed E-state index contributed by atoms with van der Waals surface area (Å²) in [6.07, 6.45) is -2.30. The molecule has 0 radical (unpaired) electrons. The number of ether oxygens (including phenoxy) is 2. The summed E-state index contributed by atoms with van der Waals surface area (Å²) in [5.74, 6) is -0.435. The monoisotopic (exact) mass is 656 g/mol. The van der Waals surface area contributed by atoms with Gasteiger partial charge in [-0.25, -0.2) is 18.2 Å². The summed E-state index contributed by atoms with van der Waals surface area (Å²) < 4.78 is 83.7. The second-order valence-electron chi connectivity index (χ2n) is 11.7. The minimum atomic E-state index is -5.13. The standard InChI is InChI=1S/C30H39F3N4O7S/c1-19(38)13-9-6-7-12-16-23(42-18-20-14-10-8-11-15-20)25-36-37-26(43-25)24-22(34-28(39)44-29(2,3)4)17-21(30(31,32)33)27(35-24)45(5,40)41/h8,10-11,14-15,17,19,23,38H,6-7,9,12-13,16,18H2,1-5H3,(H,34,39)/t19-,23-/m1/s1. The second kappa shape index (κ2) is 15.1. The molecule has 0 aliphatic carbocycles. The second-order valence-corrected chi connectivity index (χ2v) is 13.6. The van der Waals surface area contributed by atoms with Gasteiger partial charge in [0.2, 0.25) is 5.89 Å². The molecule has 2 aromatic heterocycles. The first-order valence-electron chi connectivity index (χ1n) is 14.4. The number of anilines is 1. The number of aliphatic hydroxyl groups excluding tert-OH is 1. The van der Waals surface area contributed by atoms with Gasteiger partial charge in [0.05, 0.1) is 24.0 Å². The molecule has 11 nitrogen and oxygen atoms in total. The Hall–Kier alpha value is -3.56. The summed E-state index contributed by atoms with van der Waals surface area (Å²) in [6, 6.07) is 9.77. The largest absolute Gasteiger partial charge is 0.444 e. The van der Waals surface area contributed by atoms with Gasteiger partial charge >= 0.3 is 12.3 Å². The molecular weight excluding hydrogens is 617 g/mol. The molecule has 1 aromatic carbocycles. The van der Waals surface area contributed by atoms with E-state index in [-0.39, 0.29) is 18.6 Å². The number of aromatic nitrogens is 3. The molecule has 0 unspecified atom stereocenters. The number of rotatable bonds is 14. The molecule has 2 heterocycles. The van der Waals surface area contributed by atoms with Crippen LogP contribution in [-0.2, 0) is 32.1 Å². The fourth-order valence-corrected chi connectivity index (χ4v) is 5.12. The van der Waals surface area contributed by atoms with Crippen molar-refractivity contribution in [2.75, 3.05) is 11.6 Å². The molecule has 0 saturated carbocycles. The van der Waals surface area contributed by atoms with Crippen molar-refractivity contribution in [2.45, 2.75) is 102 Å². The zero-order valence-electron chi connectivity index (χ0n) is 25.8. The van der Waals surface area contributed by atoms with E-state index < -0.39 is 61.7 Å². The van der Waals surface area contributed by atoms with E-state index in [0.717, 1.165) is 24.8 Å². The fourth-order valence-electron chi connectivity index (χ4n) is 4.29. The van der Waals surface area contributed by atoms with E-state index in [9.17, 15) is 31.5 Å². The molecule has 0 bridgehead atoms. The molecular formula is C30H39F3N4O7S. The highest BCUT2D eigenvalue weighted by Crippen LogP contribution is 2.39. The lowest BCUT2D eigenvalue weighted by Gasteiger charge is -2.21. The van der Waals surface area contributed by atoms with E-state index in [2.05, 4.69) is 20.5 Å². The lowest BCUT2D eigenvalue weighted by molar-refractivity contribution is -0.140. The molecule has 0 aliphatic heterocycles. The third kappa shape index (κ3) is 11.4. The van der Waals surface area contributed by atoms with E-state index in [4.69, 9.17) is 13.9 Å². The molecule has 3 aromatic rings. The van der Waals surface area contributed by atoms with Gasteiger partial charge < -0.3 is 19.0 Å². The highest BCUT2D eigenvalue weighted by Gasteiger charge is 2.39. The van der Waals surface area contributed by atoms with Crippen molar-refractivity contribution in [2.24, 2.45) is 0 Å². The maximum absolute atomic E-state index is 13.9. The molecule has 248 valence electrons. The number of nitrogens with one attached hydrogen (secondary N) is 1. The van der Waals surface area contributed by atoms with Crippen molar-refractivity contribution >= 4 is 21.6 Å². The number of hydrogen-bond donors (Lipinski definition) is 2. The topological polar surface area (TPSA) is 154 Å². The van der Waals surface area contributed by atoms with E-state index in [1.165, 1.54) is 0 Å². The Balaban J connectivity index is 1.99. The van der Waals surface area contributed by atoms with Crippen LogP contribution in [0, 0.1) is 0 Å². The minimum Gasteiger partial charge on any atom is -0.444 e. The van der Waals surface area contributed by atoms with E-state index in [1.54, 1.807) is 27.7 Å². The van der Waals surface area contributed by atoms with Crippen LogP contribution in [-0.4, -0.2) is 52.8 Å². The quantitative estimate of drug-likeness (QED) is 0.176. The van der Waals surface area contributed by atoms with E-state index in [0.29, 0.717) is 31.6 Å². The van der Waals surface area contributed by atoms with E-state index in [1.807, 2.05) is 30.3 Å². The Morgan fingerprint density at radius 3 is 2.27 bits per heavy atom. The van der Waals surface area contributed by atoms with Gasteiger partial charge in [-0.1, -0.05) is 56.0 Å². The lowest BCUT2D eigenvalue weighted by atomic mass is 10.1. The summed E-state index contributed by atoms with van der Waals surface area (Å²) >= 11 is 0. The fraction of sp³-hybridized carbons (Fsp3) is 0.533. The number of benzene rings is 1. The average Bonchev–Trinajstić information content (AvgIpc) is 3.40. The number of nitrogens with zero attached hydrogens (tertiary/aromatic N) is 3. The van der Waals surface area contributed by atoms with Crippen LogP contribution in [0.25, 0.3) is 11.6 Å². The number of hydrogen-bond acceptors (Lipinski definition) is 10. The van der Waals surface area contributed by atoms with Gasteiger partial charge in [0, 0.05) is 6.26 Å². The predicted molar refractivity (Wildman–Crippen MR) is 159 cm³/mol. The van der Waals surface area contributed by atoms with E-state index >= 15 is 0 Å². The summed E-state index contributed by atoms with van der Waals surface area (Å²) in [5.41, 5.74) is -2.73. The van der Waals surface area contributed by atoms with Crippen molar-refractivity contribution < 1.29 is 45.4 Å². The lowest BCUT2D eigenvalue weighted by Crippen LogP contribution is -2.28. The predicted octanol–water partition coefficient (Wildman–Crippen LogP) is 6.88. The van der Waals surface area contributed by atoms with Crippen molar-refractivity contribution in [1.82, 2.24) is 15.2 Å². The molecule has 3 rings (SSSR count). The number of carbonyl (C=O) groups excluding carboxylic acids is 1. The molecule has 2 N–H and O–H groups in total. The first kappa shape index (κ1) is 35.9. The van der Waals surface area contributed by atoms with Crippen molar-refractivity contribution in [3.8, 4) is 11.6 Å². The van der Waals surface area contributed by atoms with Crippen molar-refractivity contribution in [3.05, 3.63) is 53.4 Å². The average molecular weight is 657 g/mol. The number of unbranched alkanes of at least 4 members (excludes halogenated alkanes) is 3. The number of aliphatic hydroxyl groups is 1. The Labute approximate surface area is 260 Å². The van der Waals surface area contributed by atoms with Crippen LogP contribution in [0.15, 0.2) is 45.8 Å². The number of halogens is 3. The molecule has 2 atom stereocenters. The van der Waals surface area contributed by atoms with Crippen molar-refractivity contribution in [3.63, 3.8) is 0 Å². The molecule has 45 heavy (non-hydrogen) atoms. The summed E-state index contributed by atoms with van der Waals surface area (Å²) in [5, 5.41) is 18.4. The number of amides is 1. The Morgan fingerprint density at radius 1 is 1.04 bits per heavy atom. The summed E-state index contributed by atoms with van der Waals surface area (Å²) in [4.78, 5) is 16.3. The SMILES string of the molecule is C[C@@H](O)CCCCCC[C@@H](OCc1ccccc1)c1nnc(-c2nc(S(C)(=O)=O)c(C(F)(F)F)cc2NC(=O)OC(C)(C)C)o1. The first-order valence-corrected chi connectivity index (χ1v) is 16.3. The van der Waals surface area contributed by atoms with Crippen LogP contribution < -0.4 is 5.32 Å². The van der Waals surface area contributed by atoms with Gasteiger partial charge in [0.25, 0.3) is 5.89 Å². The number of alkyl halides is 3. The maximum Gasteiger partial charge on any atom is 0.419 e. The smallest absolute Gasteiger partial charge is 0.419 e. The van der Waals surface area contributed by atoms with Gasteiger partial charge in [-0.05, 0) is 52.2 Å². The maximum atomic E-state index is 13.9. The zero-order valence-corrected chi connectivity index (χ0v) is 26.7. The van der Waals surface area contributed by atoms with Gasteiger partial charge in [0.15, 0.2) is 20.6 Å². The first-order chi connectivity index (χ1) is 20.9. The molecule has 0 fully saturated rings. The Morgan fingerprint density at radius 2 is 1.69 bits per heavy atom. The van der Waals surface area contributed by atoms with Gasteiger partial charge in [-0.2, -0.15) is 13.2 Å². The van der Waals surface area contributed by atoms with Crippen LogP contribution in [0.1, 0.15) is 89.3 Å².